The minimum absolute atomic E-state index is 0.00404. The molecule has 0 spiro atoms. The van der Waals surface area contributed by atoms with Crippen LogP contribution in [0, 0.1) is 62.2 Å². The van der Waals surface area contributed by atoms with Gasteiger partial charge in [0.25, 0.3) is 0 Å². The summed E-state index contributed by atoms with van der Waals surface area (Å²) in [6.45, 7) is 11.9. The van der Waals surface area contributed by atoms with Crippen LogP contribution in [0.3, 0.4) is 0 Å². The highest BCUT2D eigenvalue weighted by molar-refractivity contribution is 5.74. The number of nitrogens with zero attached hydrogens (tertiary/aromatic N) is 5. The molecule has 0 saturated heterocycles. The van der Waals surface area contributed by atoms with Gasteiger partial charge < -0.3 is 0 Å². The molecule has 0 fully saturated rings. The average Bonchev–Trinajstić information content (AvgIpc) is 0.754. The quantitative estimate of drug-likeness (QED) is 0.109. The first-order chi connectivity index (χ1) is 57.3. The van der Waals surface area contributed by atoms with Crippen molar-refractivity contribution in [1.82, 2.24) is 0 Å². The zero-order valence-electron chi connectivity index (χ0n) is 77.4. The van der Waals surface area contributed by atoms with Crippen LogP contribution in [0.4, 0.5) is 0 Å². The van der Waals surface area contributed by atoms with Crippen LogP contribution in [-0.4, -0.2) is 0 Å². The Kier molecular flexibility index (Phi) is 21.7. The average molecular weight is 1450 g/mol. The summed E-state index contributed by atoms with van der Waals surface area (Å²) < 4.78 is 97.3. The van der Waals surface area contributed by atoms with Gasteiger partial charge in [-0.25, -0.2) is 22.8 Å². The van der Waals surface area contributed by atoms with Gasteiger partial charge in [0.1, 0.15) is 35.2 Å². The summed E-state index contributed by atoms with van der Waals surface area (Å²) in [4.78, 5) is 0. The number of aryl methyl sites for hydroxylation is 14. The molecule has 5 heteroatoms. The van der Waals surface area contributed by atoms with E-state index in [-0.39, 0.29) is 11.1 Å². The third-order valence-electron chi connectivity index (χ3n) is 20.4. The normalized spacial score (nSPS) is 13.7. The van der Waals surface area contributed by atoms with Crippen molar-refractivity contribution in [3.05, 3.63) is 389 Å². The number of aromatic nitrogens is 5. The molecule has 2 unspecified atom stereocenters. The Morgan fingerprint density at radius 3 is 0.882 bits per heavy atom. The van der Waals surface area contributed by atoms with Crippen molar-refractivity contribution >= 4 is 0 Å². The minimum Gasteiger partial charge on any atom is -0.201 e. The van der Waals surface area contributed by atoms with Crippen molar-refractivity contribution in [2.24, 2.45) is 35.2 Å². The molecule has 0 aliphatic heterocycles. The van der Waals surface area contributed by atoms with E-state index in [1.807, 2.05) is 93.3 Å². The maximum absolute atomic E-state index is 8.49. The Balaban J connectivity index is 0.000000149. The van der Waals surface area contributed by atoms with E-state index in [1.165, 1.54) is 132 Å². The minimum atomic E-state index is -2.68. The largest absolute Gasteiger partial charge is 0.213 e. The number of pyridine rings is 5. The second kappa shape index (κ2) is 36.7. The number of rotatable bonds is 12. The highest BCUT2D eigenvalue weighted by Crippen LogP contribution is 2.33. The van der Waals surface area contributed by atoms with Crippen LogP contribution in [0.15, 0.2) is 328 Å². The second-order valence-corrected chi connectivity index (χ2v) is 28.8. The summed E-state index contributed by atoms with van der Waals surface area (Å²) in [6, 6.07) is 102. The maximum Gasteiger partial charge on any atom is 0.213 e. The van der Waals surface area contributed by atoms with Gasteiger partial charge in [0.2, 0.25) is 28.5 Å². The van der Waals surface area contributed by atoms with Crippen LogP contribution < -0.4 is 22.8 Å². The molecule has 15 aromatic rings. The predicted octanol–water partition coefficient (Wildman–Crippen LogP) is 24.2. The van der Waals surface area contributed by atoms with E-state index in [9.17, 15) is 0 Å². The van der Waals surface area contributed by atoms with Gasteiger partial charge in [-0.05, 0) is 211 Å². The van der Waals surface area contributed by atoms with E-state index in [1.54, 1.807) is 12.1 Å². The first-order valence-corrected chi connectivity index (χ1v) is 37.6. The third-order valence-corrected chi connectivity index (χ3v) is 20.4. The Morgan fingerprint density at radius 1 is 0.236 bits per heavy atom. The number of hydrogen-bond donors (Lipinski definition) is 0. The standard InChI is InChI=1S/2C23H26N.2C20H20N.C19H18N/c1-16(2)21-12-10-19(14-18(21)4)20-11-13-23(24(5)15-20)22-9-7-6-8-17(22)3;1-16(2)22-14-19(11-10-18(22)4)20-12-13-23(24(5)15-20)21-9-7-6-8-17(21)3;2*1-15-8-10-17(11-9-15)18-12-13-21(3)20(14-18)19-7-5-4-6-16(19)2;1-15-8-6-7-11-18(15)19-14-17(12-13-20(19)2)16-9-4-3-5-10-16/h2*6-16H,1-5H3;2*4-14H,1-3H3;3-14H,1-2H3/q5*+1/i1D3,16D;1D3,4D3,16D;;;. The Hall–Kier alpha value is -12.1. The lowest BCUT2D eigenvalue weighted by molar-refractivity contribution is -0.660. The highest BCUT2D eigenvalue weighted by atomic mass is 14.9. The molecule has 5 nitrogen and oxygen atoms in total. The molecule has 0 radical (unpaired) electrons. The zero-order valence-corrected chi connectivity index (χ0v) is 66.4. The molecule has 110 heavy (non-hydrogen) atoms. The molecule has 0 amide bonds. The number of hydrogen-bond acceptors (Lipinski definition) is 0. The van der Waals surface area contributed by atoms with E-state index in [0.717, 1.165) is 44.8 Å². The lowest BCUT2D eigenvalue weighted by atomic mass is 9.93. The SMILES string of the molecule is Cc1ccc(-c2cc[n+](C)c(-c3ccccc3C)c2)cc1.Cc1ccc(-c2cc[n+](C)c(-c3ccccc3C)c2)cc1.Cc1ccccc1-c1cc(-c2ccccc2)cc[n+]1C.[2H]C([2H])([2H])C([2H])(C)c1ccc(-c2ccc(-c3ccccc3C)[n+](C)c2)cc1C.[2H]C([2H])([2H])c1ccc(-c2ccc(-c3ccccc3C)[n+](C)c2)cc1C([2H])(C)C([2H])([2H])[2H]. The van der Waals surface area contributed by atoms with Crippen molar-refractivity contribution in [3.63, 3.8) is 0 Å². The third kappa shape index (κ3) is 19.6. The molecular weight excluding hydrogens is 1330 g/mol. The van der Waals surface area contributed by atoms with Gasteiger partial charge in [-0.15, -0.1) is 0 Å². The molecular formula is C105H110N5+5. The van der Waals surface area contributed by atoms with Crippen molar-refractivity contribution in [2.45, 2.75) is 102 Å². The Bertz CT molecular complexity index is 6010. The molecule has 0 bridgehead atoms. The van der Waals surface area contributed by atoms with Crippen LogP contribution in [0.25, 0.3) is 112 Å². The van der Waals surface area contributed by atoms with Crippen LogP contribution in [-0.2, 0) is 35.2 Å². The molecule has 0 N–H and O–H groups in total. The predicted molar refractivity (Wildman–Crippen MR) is 463 cm³/mol. The van der Waals surface area contributed by atoms with Gasteiger partial charge in [-0.3, -0.25) is 0 Å². The van der Waals surface area contributed by atoms with E-state index < -0.39 is 32.3 Å². The summed E-state index contributed by atoms with van der Waals surface area (Å²) >= 11 is 0. The summed E-state index contributed by atoms with van der Waals surface area (Å²) in [5.41, 5.74) is 33.2. The van der Waals surface area contributed by atoms with Crippen LogP contribution in [0.2, 0.25) is 0 Å². The van der Waals surface area contributed by atoms with Crippen LogP contribution >= 0.6 is 0 Å². The van der Waals surface area contributed by atoms with Crippen molar-refractivity contribution < 1.29 is 37.9 Å². The van der Waals surface area contributed by atoms with Crippen molar-refractivity contribution in [1.29, 1.82) is 0 Å². The topological polar surface area (TPSA) is 19.4 Å². The van der Waals surface area contributed by atoms with Crippen molar-refractivity contribution in [3.8, 4) is 112 Å². The summed E-state index contributed by atoms with van der Waals surface area (Å²) in [5.74, 6) is -3.69. The fourth-order valence-electron chi connectivity index (χ4n) is 13.9. The van der Waals surface area contributed by atoms with Gasteiger partial charge in [-0.1, -0.05) is 245 Å². The Labute approximate surface area is 672 Å². The van der Waals surface area contributed by atoms with E-state index in [4.69, 9.17) is 15.1 Å². The molecule has 550 valence electrons. The molecule has 0 saturated carbocycles. The summed E-state index contributed by atoms with van der Waals surface area (Å²) in [6.07, 6.45) is 10.4. The monoisotopic (exact) mass is 1450 g/mol. The van der Waals surface area contributed by atoms with Gasteiger partial charge in [0.05, 0.1) is 0 Å². The fourth-order valence-corrected chi connectivity index (χ4v) is 13.9. The maximum atomic E-state index is 8.49. The van der Waals surface area contributed by atoms with Gasteiger partial charge in [-0.2, -0.15) is 0 Å². The zero-order chi connectivity index (χ0) is 87.5. The van der Waals surface area contributed by atoms with E-state index >= 15 is 0 Å². The Morgan fingerprint density at radius 2 is 0.536 bits per heavy atom. The smallest absolute Gasteiger partial charge is 0.201 e. The molecule has 15 rings (SSSR count). The summed E-state index contributed by atoms with van der Waals surface area (Å²) in [5, 5.41) is 0. The first kappa shape index (κ1) is 65.1. The lowest BCUT2D eigenvalue weighted by Crippen LogP contribution is -2.30. The molecule has 10 aromatic carbocycles. The molecule has 0 aliphatic rings. The lowest BCUT2D eigenvalue weighted by Gasteiger charge is -2.12. The molecule has 0 aliphatic carbocycles. The fraction of sp³-hybridized carbons (Fsp3) is 0.190. The van der Waals surface area contributed by atoms with Gasteiger partial charge in [0.15, 0.2) is 31.0 Å². The van der Waals surface area contributed by atoms with Gasteiger partial charge >= 0.3 is 0 Å². The molecule has 5 aromatic heterocycles. The second-order valence-electron chi connectivity index (χ2n) is 28.8. The number of benzene rings is 10. The highest BCUT2D eigenvalue weighted by Gasteiger charge is 2.20. The van der Waals surface area contributed by atoms with Crippen LogP contribution in [0.1, 0.15) is 116 Å². The molecule has 2 atom stereocenters. The molecule has 5 heterocycles. The van der Waals surface area contributed by atoms with Gasteiger partial charge in [0, 0.05) is 103 Å². The first-order valence-electron chi connectivity index (χ1n) is 43.1. The van der Waals surface area contributed by atoms with E-state index in [0.29, 0.717) is 11.1 Å². The van der Waals surface area contributed by atoms with E-state index in [2.05, 4.69) is 324 Å². The van der Waals surface area contributed by atoms with Crippen LogP contribution in [0.5, 0.6) is 0 Å². The summed E-state index contributed by atoms with van der Waals surface area (Å²) in [7, 11) is 10.2. The van der Waals surface area contributed by atoms with Crippen molar-refractivity contribution in [2.75, 3.05) is 0 Å².